The Morgan fingerprint density at radius 3 is 2.62 bits per heavy atom. The number of aromatic nitrogens is 2. The van der Waals surface area contributed by atoms with Crippen LogP contribution < -0.4 is 5.32 Å². The summed E-state index contributed by atoms with van der Waals surface area (Å²) in [5, 5.41) is 2.80. The number of anilines is 1. The lowest BCUT2D eigenvalue weighted by atomic mass is 9.75. The molecular formula is C19H24N4O. The van der Waals surface area contributed by atoms with Crippen molar-refractivity contribution >= 4 is 11.9 Å². The number of piperidine rings is 1. The van der Waals surface area contributed by atoms with Crippen molar-refractivity contribution in [2.75, 3.05) is 18.4 Å². The fourth-order valence-corrected chi connectivity index (χ4v) is 3.43. The van der Waals surface area contributed by atoms with Gasteiger partial charge in [-0.1, -0.05) is 37.3 Å². The second-order valence-electron chi connectivity index (χ2n) is 6.74. The number of nitrogens with one attached hydrogen (secondary N) is 1. The Bertz CT molecular complexity index is 676. The van der Waals surface area contributed by atoms with Crippen molar-refractivity contribution in [2.24, 2.45) is 0 Å². The minimum atomic E-state index is -0.211. The lowest BCUT2D eigenvalue weighted by Gasteiger charge is -2.43. The topological polar surface area (TPSA) is 58.1 Å². The maximum absolute atomic E-state index is 12.5. The summed E-state index contributed by atoms with van der Waals surface area (Å²) < 4.78 is 0. The first-order valence-corrected chi connectivity index (χ1v) is 8.46. The molecule has 3 rings (SSSR count). The highest BCUT2D eigenvalue weighted by Crippen LogP contribution is 2.34. The summed E-state index contributed by atoms with van der Waals surface area (Å²) in [6, 6.07) is 12.1. The number of carbonyl (C=O) groups excluding carboxylic acids is 1. The summed E-state index contributed by atoms with van der Waals surface area (Å²) in [5.41, 5.74) is 1.42. The van der Waals surface area contributed by atoms with Gasteiger partial charge in [0.1, 0.15) is 0 Å². The van der Waals surface area contributed by atoms with E-state index in [-0.39, 0.29) is 17.4 Å². The molecule has 1 saturated heterocycles. The summed E-state index contributed by atoms with van der Waals surface area (Å²) in [7, 11) is 0. The average Bonchev–Trinajstić information content (AvgIpc) is 2.63. The van der Waals surface area contributed by atoms with Gasteiger partial charge in [0.15, 0.2) is 0 Å². The molecule has 2 heterocycles. The zero-order chi connectivity index (χ0) is 17.0. The average molecular weight is 324 g/mol. The number of amides is 1. The Labute approximate surface area is 143 Å². The van der Waals surface area contributed by atoms with E-state index in [1.165, 1.54) is 5.56 Å². The van der Waals surface area contributed by atoms with Gasteiger partial charge in [0.05, 0.1) is 6.04 Å². The van der Waals surface area contributed by atoms with Gasteiger partial charge in [0.2, 0.25) is 11.9 Å². The fraction of sp³-hybridized carbons (Fsp3) is 0.421. The number of nitrogens with zero attached hydrogens (tertiary/aromatic N) is 3. The van der Waals surface area contributed by atoms with Crippen LogP contribution in [-0.4, -0.2) is 39.9 Å². The van der Waals surface area contributed by atoms with E-state index < -0.39 is 0 Å². The smallest absolute Gasteiger partial charge is 0.243 e. The first-order valence-electron chi connectivity index (χ1n) is 8.46. The van der Waals surface area contributed by atoms with E-state index in [9.17, 15) is 4.79 Å². The lowest BCUT2D eigenvalue weighted by molar-refractivity contribution is -0.121. The number of benzene rings is 1. The summed E-state index contributed by atoms with van der Waals surface area (Å²) >= 11 is 0. The van der Waals surface area contributed by atoms with Gasteiger partial charge in [0, 0.05) is 24.4 Å². The highest BCUT2D eigenvalue weighted by molar-refractivity contribution is 5.93. The molecule has 126 valence electrons. The monoisotopic (exact) mass is 324 g/mol. The van der Waals surface area contributed by atoms with Crippen LogP contribution in [0.4, 0.5) is 5.95 Å². The van der Waals surface area contributed by atoms with E-state index in [0.717, 1.165) is 25.9 Å². The quantitative estimate of drug-likeness (QED) is 0.939. The molecule has 0 aliphatic carbocycles. The number of carbonyl (C=O) groups is 1. The van der Waals surface area contributed by atoms with Crippen LogP contribution in [0.25, 0.3) is 0 Å². The molecule has 24 heavy (non-hydrogen) atoms. The van der Waals surface area contributed by atoms with Crippen molar-refractivity contribution in [2.45, 2.75) is 38.1 Å². The van der Waals surface area contributed by atoms with E-state index in [1.807, 2.05) is 13.0 Å². The van der Waals surface area contributed by atoms with Gasteiger partial charge in [-0.2, -0.15) is 0 Å². The molecule has 1 aliphatic heterocycles. The number of hydrogen-bond acceptors (Lipinski definition) is 4. The first-order chi connectivity index (χ1) is 11.6. The lowest BCUT2D eigenvalue weighted by Crippen LogP contribution is -2.51. The van der Waals surface area contributed by atoms with E-state index >= 15 is 0 Å². The molecule has 1 aliphatic rings. The number of rotatable bonds is 4. The Kier molecular flexibility index (Phi) is 4.90. The van der Waals surface area contributed by atoms with Crippen molar-refractivity contribution in [1.29, 1.82) is 0 Å². The molecular weight excluding hydrogens is 300 g/mol. The van der Waals surface area contributed by atoms with Gasteiger partial charge in [-0.05, 0) is 37.9 Å². The molecule has 0 radical (unpaired) electrons. The molecule has 0 saturated carbocycles. The Balaban J connectivity index is 1.69. The second kappa shape index (κ2) is 7.09. The van der Waals surface area contributed by atoms with Crippen LogP contribution in [0.15, 0.2) is 48.8 Å². The fourth-order valence-electron chi connectivity index (χ4n) is 3.43. The number of likely N-dealkylation sites (tertiary alicyclic amines) is 1. The Morgan fingerprint density at radius 2 is 1.92 bits per heavy atom. The minimum Gasteiger partial charge on any atom is -0.293 e. The van der Waals surface area contributed by atoms with E-state index in [4.69, 9.17) is 0 Å². The van der Waals surface area contributed by atoms with Crippen LogP contribution in [-0.2, 0) is 10.2 Å². The maximum Gasteiger partial charge on any atom is 0.243 e. The predicted molar refractivity (Wildman–Crippen MR) is 94.7 cm³/mol. The first kappa shape index (κ1) is 16.6. The van der Waals surface area contributed by atoms with Gasteiger partial charge < -0.3 is 0 Å². The molecule has 1 aromatic carbocycles. The van der Waals surface area contributed by atoms with Crippen LogP contribution in [0.3, 0.4) is 0 Å². The molecule has 2 aromatic rings. The predicted octanol–water partition coefficient (Wildman–Crippen LogP) is 2.86. The zero-order valence-electron chi connectivity index (χ0n) is 14.3. The third kappa shape index (κ3) is 3.62. The van der Waals surface area contributed by atoms with E-state index in [1.54, 1.807) is 18.5 Å². The highest BCUT2D eigenvalue weighted by Gasteiger charge is 2.35. The minimum absolute atomic E-state index is 0.0569. The van der Waals surface area contributed by atoms with Gasteiger partial charge in [0.25, 0.3) is 0 Å². The van der Waals surface area contributed by atoms with Gasteiger partial charge in [-0.25, -0.2) is 9.97 Å². The van der Waals surface area contributed by atoms with E-state index in [2.05, 4.69) is 51.4 Å². The van der Waals surface area contributed by atoms with Crippen LogP contribution in [0.2, 0.25) is 0 Å². The van der Waals surface area contributed by atoms with Gasteiger partial charge in [-0.15, -0.1) is 0 Å². The van der Waals surface area contributed by atoms with Crippen molar-refractivity contribution in [3.05, 3.63) is 54.4 Å². The largest absolute Gasteiger partial charge is 0.293 e. The molecule has 0 spiro atoms. The molecule has 1 N–H and O–H groups in total. The summed E-state index contributed by atoms with van der Waals surface area (Å²) in [6.07, 6.45) is 5.48. The third-order valence-electron chi connectivity index (χ3n) is 4.92. The van der Waals surface area contributed by atoms with Crippen LogP contribution in [0.5, 0.6) is 0 Å². The van der Waals surface area contributed by atoms with Crippen LogP contribution in [0, 0.1) is 0 Å². The normalized spacial score (nSPS) is 22.8. The summed E-state index contributed by atoms with van der Waals surface area (Å²) in [6.45, 7) is 6.06. The van der Waals surface area contributed by atoms with Crippen LogP contribution >= 0.6 is 0 Å². The molecule has 0 unspecified atom stereocenters. The molecule has 0 bridgehead atoms. The standard InChI is InChI=1S/C19H24N4O/c1-15(17(24)22-18-20-11-7-12-21-18)23-13-6-10-19(2,14-23)16-8-4-3-5-9-16/h3-5,7-9,11-12,15H,6,10,13-14H2,1-2H3,(H,20,21,22,24)/t15-,19+/m1/s1. The molecule has 1 amide bonds. The van der Waals surface area contributed by atoms with Gasteiger partial charge >= 0.3 is 0 Å². The second-order valence-corrected chi connectivity index (χ2v) is 6.74. The van der Waals surface area contributed by atoms with Crippen molar-refractivity contribution in [3.8, 4) is 0 Å². The Hall–Kier alpha value is -2.27. The Morgan fingerprint density at radius 1 is 1.21 bits per heavy atom. The zero-order valence-corrected chi connectivity index (χ0v) is 14.3. The third-order valence-corrected chi connectivity index (χ3v) is 4.92. The maximum atomic E-state index is 12.5. The molecule has 5 heteroatoms. The summed E-state index contributed by atoms with van der Waals surface area (Å²) in [5.74, 6) is 0.302. The SMILES string of the molecule is C[C@H](C(=O)Nc1ncccn1)N1CCC[C@](C)(c2ccccc2)C1. The van der Waals surface area contributed by atoms with Crippen LogP contribution in [0.1, 0.15) is 32.3 Å². The molecule has 2 atom stereocenters. The molecule has 1 aromatic heterocycles. The highest BCUT2D eigenvalue weighted by atomic mass is 16.2. The number of hydrogen-bond donors (Lipinski definition) is 1. The molecule has 1 fully saturated rings. The van der Waals surface area contributed by atoms with Crippen molar-refractivity contribution < 1.29 is 4.79 Å². The van der Waals surface area contributed by atoms with Gasteiger partial charge in [-0.3, -0.25) is 15.0 Å². The summed E-state index contributed by atoms with van der Waals surface area (Å²) in [4.78, 5) is 22.9. The molecule has 5 nitrogen and oxygen atoms in total. The van der Waals surface area contributed by atoms with E-state index in [0.29, 0.717) is 5.95 Å². The van der Waals surface area contributed by atoms with Crippen molar-refractivity contribution in [3.63, 3.8) is 0 Å². The van der Waals surface area contributed by atoms with Crippen molar-refractivity contribution in [1.82, 2.24) is 14.9 Å².